The molecule has 0 aromatic heterocycles. The van der Waals surface area contributed by atoms with Crippen molar-refractivity contribution in [1.82, 2.24) is 0 Å². The largest absolute Gasteiger partial charge is 2.00 e. The Morgan fingerprint density at radius 3 is 2.00 bits per heavy atom. The first-order valence-corrected chi connectivity index (χ1v) is 3.79. The van der Waals surface area contributed by atoms with Gasteiger partial charge < -0.3 is 12.2 Å². The second-order valence-corrected chi connectivity index (χ2v) is 2.32. The minimum atomic E-state index is 0. The van der Waals surface area contributed by atoms with Crippen molar-refractivity contribution in [3.05, 3.63) is 31.7 Å². The van der Waals surface area contributed by atoms with Crippen molar-refractivity contribution in [2.75, 3.05) is 13.2 Å². The normalized spacial score (nSPS) is 17.3. The summed E-state index contributed by atoms with van der Waals surface area (Å²) in [4.78, 5) is 0. The van der Waals surface area contributed by atoms with Gasteiger partial charge in [0, 0.05) is 13.2 Å². The van der Waals surface area contributed by atoms with Gasteiger partial charge >= 0.3 is 45.5 Å². The quantitative estimate of drug-likeness (QED) is 0.465. The number of hydrogen-bond acceptors (Lipinski definition) is 1. The van der Waals surface area contributed by atoms with Gasteiger partial charge in [-0.2, -0.15) is 6.08 Å². The molecular formula is C10H16OSr. The van der Waals surface area contributed by atoms with E-state index in [1.165, 1.54) is 12.8 Å². The molecule has 1 heterocycles. The van der Waals surface area contributed by atoms with Crippen LogP contribution in [0.2, 0.25) is 0 Å². The summed E-state index contributed by atoms with van der Waals surface area (Å²) >= 11 is 0. The van der Waals surface area contributed by atoms with E-state index in [-0.39, 0.29) is 52.9 Å². The van der Waals surface area contributed by atoms with Crippen molar-refractivity contribution >= 4 is 45.5 Å². The number of allylic oxidation sites excluding steroid dienone is 4. The van der Waals surface area contributed by atoms with Crippen LogP contribution in [0.25, 0.3) is 0 Å². The minimum absolute atomic E-state index is 0. The Hall–Kier alpha value is 0.921. The molecule has 0 bridgehead atoms. The molecule has 0 aromatic carbocycles. The SMILES string of the molecule is C1CCOC1.[C-]1=CC=CC1.[CH3-].[Sr+2]. The van der Waals surface area contributed by atoms with Gasteiger partial charge in [0.15, 0.2) is 0 Å². The topological polar surface area (TPSA) is 9.23 Å². The van der Waals surface area contributed by atoms with Crippen molar-refractivity contribution in [2.24, 2.45) is 0 Å². The number of rotatable bonds is 0. The third-order valence-corrected chi connectivity index (χ3v) is 1.41. The molecule has 2 heteroatoms. The van der Waals surface area contributed by atoms with Gasteiger partial charge in [-0.25, -0.2) is 12.2 Å². The van der Waals surface area contributed by atoms with Crippen LogP contribution < -0.4 is 0 Å². The van der Waals surface area contributed by atoms with Crippen LogP contribution in [0.5, 0.6) is 0 Å². The molecule has 0 saturated carbocycles. The Morgan fingerprint density at radius 2 is 1.83 bits per heavy atom. The van der Waals surface area contributed by atoms with Crippen LogP contribution in [-0.2, 0) is 4.74 Å². The van der Waals surface area contributed by atoms with Gasteiger partial charge in [0.05, 0.1) is 0 Å². The Bertz CT molecular complexity index is 108. The monoisotopic (exact) mass is 240 g/mol. The summed E-state index contributed by atoms with van der Waals surface area (Å²) in [5.74, 6) is 0. The maximum Gasteiger partial charge on any atom is 2.00 e. The molecule has 64 valence electrons. The summed E-state index contributed by atoms with van der Waals surface area (Å²) in [6.07, 6.45) is 12.6. The fourth-order valence-electron chi connectivity index (χ4n) is 0.851. The van der Waals surface area contributed by atoms with Gasteiger partial charge in [0.2, 0.25) is 0 Å². The van der Waals surface area contributed by atoms with E-state index in [1.807, 2.05) is 12.2 Å². The van der Waals surface area contributed by atoms with Crippen molar-refractivity contribution in [1.29, 1.82) is 0 Å². The van der Waals surface area contributed by atoms with Crippen LogP contribution in [-0.4, -0.2) is 58.7 Å². The van der Waals surface area contributed by atoms with Crippen LogP contribution in [0.1, 0.15) is 19.3 Å². The Labute approximate surface area is 113 Å². The first-order valence-electron chi connectivity index (χ1n) is 3.79. The van der Waals surface area contributed by atoms with E-state index in [4.69, 9.17) is 4.74 Å². The van der Waals surface area contributed by atoms with Crippen molar-refractivity contribution in [3.63, 3.8) is 0 Å². The summed E-state index contributed by atoms with van der Waals surface area (Å²) in [6.45, 7) is 2.00. The third-order valence-electron chi connectivity index (χ3n) is 1.41. The van der Waals surface area contributed by atoms with Gasteiger partial charge in [0.25, 0.3) is 0 Å². The first kappa shape index (κ1) is 15.4. The second kappa shape index (κ2) is 11.9. The molecule has 2 rings (SSSR count). The number of hydrogen-bond donors (Lipinski definition) is 0. The van der Waals surface area contributed by atoms with Crippen molar-refractivity contribution < 1.29 is 4.74 Å². The number of ether oxygens (including phenoxy) is 1. The smallest absolute Gasteiger partial charge is 0.381 e. The van der Waals surface area contributed by atoms with E-state index < -0.39 is 0 Å². The van der Waals surface area contributed by atoms with E-state index in [0.29, 0.717) is 0 Å². The van der Waals surface area contributed by atoms with E-state index in [2.05, 4.69) is 12.2 Å². The molecule has 0 radical (unpaired) electrons. The molecule has 0 atom stereocenters. The third kappa shape index (κ3) is 9.01. The summed E-state index contributed by atoms with van der Waals surface area (Å²) in [5.41, 5.74) is 0. The summed E-state index contributed by atoms with van der Waals surface area (Å²) in [5, 5.41) is 0. The predicted molar refractivity (Wildman–Crippen MR) is 53.8 cm³/mol. The second-order valence-electron chi connectivity index (χ2n) is 2.32. The zero-order chi connectivity index (χ0) is 7.07. The standard InChI is InChI=1S/C5H5.C4H8O.CH3.Sr/c2*1-2-4-5-3-1;;/h1-3H,4H2;1-4H2;1H3;/q-1;;-1;+2. The fraction of sp³-hybridized carbons (Fsp3) is 0.500. The van der Waals surface area contributed by atoms with E-state index in [1.54, 1.807) is 0 Å². The van der Waals surface area contributed by atoms with E-state index in [9.17, 15) is 0 Å². The molecule has 1 nitrogen and oxygen atoms in total. The minimum Gasteiger partial charge on any atom is -0.381 e. The van der Waals surface area contributed by atoms with Crippen molar-refractivity contribution in [3.8, 4) is 0 Å². The van der Waals surface area contributed by atoms with Crippen LogP contribution in [0, 0.1) is 13.5 Å². The zero-order valence-electron chi connectivity index (χ0n) is 7.88. The van der Waals surface area contributed by atoms with Gasteiger partial charge in [-0.1, -0.05) is 0 Å². The fourth-order valence-corrected chi connectivity index (χ4v) is 0.851. The molecule has 1 saturated heterocycles. The van der Waals surface area contributed by atoms with Gasteiger partial charge in [-0.15, -0.1) is 6.42 Å². The maximum atomic E-state index is 4.94. The molecule has 0 spiro atoms. The van der Waals surface area contributed by atoms with Gasteiger partial charge in [0.1, 0.15) is 0 Å². The van der Waals surface area contributed by atoms with Crippen LogP contribution in [0.4, 0.5) is 0 Å². The van der Waals surface area contributed by atoms with E-state index >= 15 is 0 Å². The first-order chi connectivity index (χ1) is 5.00. The van der Waals surface area contributed by atoms with E-state index in [0.717, 1.165) is 19.6 Å². The molecule has 1 aliphatic heterocycles. The average Bonchev–Trinajstić information content (AvgIpc) is 2.67. The molecule has 0 N–H and O–H groups in total. The van der Waals surface area contributed by atoms with Crippen LogP contribution in [0.15, 0.2) is 18.2 Å². The summed E-state index contributed by atoms with van der Waals surface area (Å²) in [6, 6.07) is 0. The van der Waals surface area contributed by atoms with Crippen molar-refractivity contribution in [2.45, 2.75) is 19.3 Å². The average molecular weight is 240 g/mol. The zero-order valence-corrected chi connectivity index (χ0v) is 11.4. The molecular weight excluding hydrogens is 224 g/mol. The van der Waals surface area contributed by atoms with Gasteiger partial charge in [-0.05, 0) is 12.8 Å². The van der Waals surface area contributed by atoms with Gasteiger partial charge in [-0.3, -0.25) is 6.08 Å². The maximum absolute atomic E-state index is 4.94. The molecule has 12 heavy (non-hydrogen) atoms. The van der Waals surface area contributed by atoms with Crippen LogP contribution in [0.3, 0.4) is 0 Å². The summed E-state index contributed by atoms with van der Waals surface area (Å²) < 4.78 is 4.94. The Balaban J connectivity index is 0. The summed E-state index contributed by atoms with van der Waals surface area (Å²) in [7, 11) is 0. The molecule has 0 amide bonds. The molecule has 0 unspecified atom stereocenters. The molecule has 1 aliphatic carbocycles. The Morgan fingerprint density at radius 1 is 1.17 bits per heavy atom. The van der Waals surface area contributed by atoms with Crippen LogP contribution >= 0.6 is 0 Å². The molecule has 2 aliphatic rings. The molecule has 1 fully saturated rings. The predicted octanol–water partition coefficient (Wildman–Crippen LogP) is 2.17. The molecule has 0 aromatic rings. The Kier molecular flexibility index (Phi) is 15.3.